The first-order valence-corrected chi connectivity index (χ1v) is 14.4. The van der Waals surface area contributed by atoms with Crippen LogP contribution in [0.3, 0.4) is 0 Å². The Bertz CT molecular complexity index is 1540. The van der Waals surface area contributed by atoms with Crippen molar-refractivity contribution in [2.24, 2.45) is 5.92 Å². The number of fused-ring (bicyclic) bond motifs is 2. The zero-order valence-corrected chi connectivity index (χ0v) is 22.3. The van der Waals surface area contributed by atoms with Gasteiger partial charge < -0.3 is 10.1 Å². The number of pyridine rings is 1. The van der Waals surface area contributed by atoms with Crippen LogP contribution in [0.25, 0.3) is 10.9 Å². The van der Waals surface area contributed by atoms with E-state index in [4.69, 9.17) is 9.84 Å². The second-order valence-corrected chi connectivity index (χ2v) is 13.4. The monoisotopic (exact) mass is 529 g/mol. The molecule has 6 rings (SSSR count). The van der Waals surface area contributed by atoms with E-state index >= 15 is 0 Å². The molecule has 1 aliphatic carbocycles. The van der Waals surface area contributed by atoms with Gasteiger partial charge in [-0.05, 0) is 74.4 Å². The van der Waals surface area contributed by atoms with Gasteiger partial charge >= 0.3 is 0 Å². The van der Waals surface area contributed by atoms with E-state index in [1.807, 2.05) is 67.1 Å². The first-order chi connectivity index (χ1) is 18.3. The maximum Gasteiger partial charge on any atom is 0.227 e. The second kappa shape index (κ2) is 9.31. The summed E-state index contributed by atoms with van der Waals surface area (Å²) < 4.78 is 29.2. The molecule has 2 aromatic heterocycles. The highest BCUT2D eigenvalue weighted by molar-refractivity contribution is 8.25. The fourth-order valence-electron chi connectivity index (χ4n) is 5.33. The predicted octanol–water partition coefficient (Wildman–Crippen LogP) is 7.06. The third kappa shape index (κ3) is 4.29. The van der Waals surface area contributed by atoms with E-state index in [9.17, 15) is 14.4 Å². The third-order valence-corrected chi connectivity index (χ3v) is 10.3. The molecule has 4 aromatic rings. The lowest BCUT2D eigenvalue weighted by Gasteiger charge is -2.41. The van der Waals surface area contributed by atoms with Crippen LogP contribution in [0.1, 0.15) is 50.3 Å². The van der Waals surface area contributed by atoms with Crippen molar-refractivity contribution >= 4 is 33.0 Å². The van der Waals surface area contributed by atoms with Crippen LogP contribution in [0.2, 0.25) is 0 Å². The lowest BCUT2D eigenvalue weighted by Crippen LogP contribution is -2.24. The van der Waals surface area contributed by atoms with Crippen molar-refractivity contribution in [2.45, 2.75) is 61.8 Å². The first kappa shape index (κ1) is 24.7. The zero-order chi connectivity index (χ0) is 26.5. The molecule has 1 saturated carbocycles. The molecule has 0 saturated heterocycles. The van der Waals surface area contributed by atoms with E-state index in [1.165, 1.54) is 0 Å². The largest absolute Gasteiger partial charge is 0.472 e. The molecule has 1 aliphatic heterocycles. The van der Waals surface area contributed by atoms with Crippen molar-refractivity contribution in [1.82, 2.24) is 14.8 Å². The van der Waals surface area contributed by atoms with Gasteiger partial charge in [-0.15, -0.1) is 0 Å². The summed E-state index contributed by atoms with van der Waals surface area (Å²) in [6.45, 7) is 4.15. The Kier molecular flexibility index (Phi) is 6.06. The minimum Gasteiger partial charge on any atom is -0.472 e. The van der Waals surface area contributed by atoms with E-state index in [2.05, 4.69) is 16.4 Å². The molecule has 0 radical (unpaired) electrons. The Morgan fingerprint density at radius 1 is 1.18 bits per heavy atom. The summed E-state index contributed by atoms with van der Waals surface area (Å²) in [5.41, 5.74) is 3.62. The number of ether oxygens (including phenoxy) is 1. The van der Waals surface area contributed by atoms with Crippen molar-refractivity contribution in [3.05, 3.63) is 71.9 Å². The number of rotatable bonds is 8. The van der Waals surface area contributed by atoms with Gasteiger partial charge in [-0.2, -0.15) is 21.0 Å². The fraction of sp³-hybridized carbons (Fsp3) is 0.345. The molecule has 0 amide bonds. The summed E-state index contributed by atoms with van der Waals surface area (Å²) in [6.07, 6.45) is 4.87. The van der Waals surface area contributed by atoms with Gasteiger partial charge in [0.25, 0.3) is 0 Å². The van der Waals surface area contributed by atoms with Gasteiger partial charge in [0, 0.05) is 11.9 Å². The Morgan fingerprint density at radius 2 is 1.97 bits per heavy atom. The molecule has 2 aromatic carbocycles. The normalized spacial score (nSPS) is 18.9. The molecule has 2 aliphatic rings. The number of anilines is 2. The van der Waals surface area contributed by atoms with Crippen LogP contribution in [0.15, 0.2) is 65.7 Å². The number of benzene rings is 2. The van der Waals surface area contributed by atoms with Gasteiger partial charge in [-0.1, -0.05) is 30.3 Å². The molecule has 0 spiro atoms. The number of nitrogens with one attached hydrogen (secondary N) is 1. The molecule has 0 bridgehead atoms. The van der Waals surface area contributed by atoms with Crippen LogP contribution in [0, 0.1) is 17.2 Å². The van der Waals surface area contributed by atoms with Crippen molar-refractivity contribution < 1.29 is 13.8 Å². The van der Waals surface area contributed by atoms with E-state index in [-0.39, 0.29) is 6.04 Å². The predicted molar refractivity (Wildman–Crippen MR) is 149 cm³/mol. The molecular formula is C29H31N5O3S. The summed E-state index contributed by atoms with van der Waals surface area (Å²) in [5.74, 6) is 1.51. The number of aromatic nitrogens is 3. The Balaban J connectivity index is 1.41. The third-order valence-electron chi connectivity index (χ3n) is 7.60. The van der Waals surface area contributed by atoms with Crippen molar-refractivity contribution in [1.29, 1.82) is 5.26 Å². The zero-order valence-electron chi connectivity index (χ0n) is 21.5. The highest BCUT2D eigenvalue weighted by Gasteiger charge is 2.43. The van der Waals surface area contributed by atoms with Gasteiger partial charge in [-0.3, -0.25) is 13.8 Å². The van der Waals surface area contributed by atoms with E-state index in [1.54, 1.807) is 12.3 Å². The summed E-state index contributed by atoms with van der Waals surface area (Å²) in [4.78, 5) is 5.17. The van der Waals surface area contributed by atoms with Gasteiger partial charge in [-0.25, -0.2) is 4.98 Å². The molecule has 38 heavy (non-hydrogen) atoms. The SMILES string of the molecule is CC1(C)Cc2cc(Nc3nn(C(CC#N)C4CC4)c4ccnc(OCc5ccccc5)c34)ccc2S1(O)O. The van der Waals surface area contributed by atoms with Crippen LogP contribution >= 0.6 is 10.6 Å². The molecule has 1 unspecified atom stereocenters. The maximum atomic E-state index is 10.8. The van der Waals surface area contributed by atoms with Gasteiger partial charge in [0.2, 0.25) is 5.88 Å². The van der Waals surface area contributed by atoms with E-state index in [0.717, 1.165) is 40.6 Å². The number of nitriles is 1. The number of nitrogens with zero attached hydrogens (tertiary/aromatic N) is 4. The van der Waals surface area contributed by atoms with Crippen LogP contribution in [0.5, 0.6) is 5.88 Å². The highest BCUT2D eigenvalue weighted by Crippen LogP contribution is 2.66. The average Bonchev–Trinajstić information content (AvgIpc) is 3.65. The molecule has 8 nitrogen and oxygen atoms in total. The number of hydrogen-bond acceptors (Lipinski definition) is 7. The highest BCUT2D eigenvalue weighted by atomic mass is 32.3. The summed E-state index contributed by atoms with van der Waals surface area (Å²) in [6, 6.07) is 19.8. The van der Waals surface area contributed by atoms with Crippen LogP contribution in [0.4, 0.5) is 11.5 Å². The molecule has 1 fully saturated rings. The molecular weight excluding hydrogens is 498 g/mol. The van der Waals surface area contributed by atoms with E-state index in [0.29, 0.717) is 42.0 Å². The van der Waals surface area contributed by atoms with Crippen molar-refractivity contribution in [3.63, 3.8) is 0 Å². The molecule has 3 N–H and O–H groups in total. The lowest BCUT2D eigenvalue weighted by atomic mass is 10.0. The van der Waals surface area contributed by atoms with Crippen LogP contribution in [-0.4, -0.2) is 28.6 Å². The minimum absolute atomic E-state index is 0.0174. The average molecular weight is 530 g/mol. The van der Waals surface area contributed by atoms with Gasteiger partial charge in [0.05, 0.1) is 33.7 Å². The minimum atomic E-state index is -2.87. The van der Waals surface area contributed by atoms with Crippen molar-refractivity contribution in [2.75, 3.05) is 5.32 Å². The van der Waals surface area contributed by atoms with Gasteiger partial charge in [0.1, 0.15) is 12.0 Å². The van der Waals surface area contributed by atoms with Gasteiger partial charge in [0.15, 0.2) is 5.82 Å². The summed E-state index contributed by atoms with van der Waals surface area (Å²) >= 11 is 0. The maximum absolute atomic E-state index is 10.8. The standard InChI is InChI=1S/C29H31N5O3S/c1-29(2)17-21-16-22(10-11-25(21)38(29,35)36)32-27-26-24(34(33-27)23(12-14-30)20-8-9-20)13-15-31-28(26)37-18-19-6-4-3-5-7-19/h3-7,10-11,13,15-16,20,23,35-36H,8-9,12,17-18H2,1-2H3,(H,32,33). The molecule has 1 atom stereocenters. The molecule has 9 heteroatoms. The number of hydrogen-bond donors (Lipinski definition) is 3. The van der Waals surface area contributed by atoms with Crippen LogP contribution < -0.4 is 10.1 Å². The first-order valence-electron chi connectivity index (χ1n) is 12.9. The fourth-order valence-corrected chi connectivity index (χ4v) is 7.03. The lowest BCUT2D eigenvalue weighted by molar-refractivity contribution is 0.298. The second-order valence-electron chi connectivity index (χ2n) is 10.8. The Hall–Kier alpha value is -3.58. The topological polar surface area (TPSA) is 116 Å². The quantitative estimate of drug-likeness (QED) is 0.224. The Labute approximate surface area is 223 Å². The van der Waals surface area contributed by atoms with Crippen LogP contribution in [-0.2, 0) is 13.0 Å². The Morgan fingerprint density at radius 3 is 2.71 bits per heavy atom. The van der Waals surface area contributed by atoms with E-state index < -0.39 is 15.3 Å². The summed E-state index contributed by atoms with van der Waals surface area (Å²) in [5, 5.41) is 18.7. The smallest absolute Gasteiger partial charge is 0.227 e. The molecule has 3 heterocycles. The van der Waals surface area contributed by atoms with Crippen molar-refractivity contribution in [3.8, 4) is 11.9 Å². The summed E-state index contributed by atoms with van der Waals surface area (Å²) in [7, 11) is -2.87. The molecule has 196 valence electrons.